The van der Waals surface area contributed by atoms with Crippen molar-refractivity contribution in [2.24, 2.45) is 0 Å². The molecular formula is C14H12ClNS. The first-order valence-corrected chi connectivity index (χ1v) is 6.86. The Balaban J connectivity index is 2.52. The number of pyridine rings is 1. The molecule has 0 radical (unpaired) electrons. The SMILES string of the molecule is CCc1nc(C)cc2c1sc1ccc(Cl)cc12. The number of fused-ring (bicyclic) bond motifs is 3. The van der Waals surface area contributed by atoms with Gasteiger partial charge in [0.1, 0.15) is 0 Å². The second-order valence-electron chi connectivity index (χ2n) is 4.18. The van der Waals surface area contributed by atoms with Crippen molar-refractivity contribution in [3.05, 3.63) is 40.7 Å². The van der Waals surface area contributed by atoms with Crippen molar-refractivity contribution in [3.8, 4) is 0 Å². The minimum absolute atomic E-state index is 0.796. The van der Waals surface area contributed by atoms with Crippen molar-refractivity contribution >= 4 is 43.1 Å². The number of aromatic nitrogens is 1. The van der Waals surface area contributed by atoms with Crippen LogP contribution < -0.4 is 0 Å². The Hall–Kier alpha value is -1.12. The first-order valence-electron chi connectivity index (χ1n) is 5.67. The zero-order chi connectivity index (χ0) is 12.0. The fourth-order valence-electron chi connectivity index (χ4n) is 2.19. The van der Waals surface area contributed by atoms with Crippen molar-refractivity contribution in [1.29, 1.82) is 0 Å². The van der Waals surface area contributed by atoms with Gasteiger partial charge in [0.25, 0.3) is 0 Å². The summed E-state index contributed by atoms with van der Waals surface area (Å²) in [5.74, 6) is 0. The molecule has 1 aromatic carbocycles. The van der Waals surface area contributed by atoms with Gasteiger partial charge in [0.2, 0.25) is 0 Å². The first kappa shape index (κ1) is 11.0. The van der Waals surface area contributed by atoms with Crippen LogP contribution in [0.3, 0.4) is 0 Å². The highest BCUT2D eigenvalue weighted by Gasteiger charge is 2.10. The summed E-state index contributed by atoms with van der Waals surface area (Å²) < 4.78 is 2.59. The van der Waals surface area contributed by atoms with Crippen LogP contribution in [-0.4, -0.2) is 4.98 Å². The normalized spacial score (nSPS) is 11.5. The van der Waals surface area contributed by atoms with Gasteiger partial charge in [-0.25, -0.2) is 0 Å². The van der Waals surface area contributed by atoms with Gasteiger partial charge in [0.05, 0.1) is 10.4 Å². The second kappa shape index (κ2) is 3.97. The molecule has 0 bridgehead atoms. The van der Waals surface area contributed by atoms with E-state index < -0.39 is 0 Å². The Morgan fingerprint density at radius 2 is 2.06 bits per heavy atom. The molecular weight excluding hydrogens is 250 g/mol. The highest BCUT2D eigenvalue weighted by atomic mass is 35.5. The lowest BCUT2D eigenvalue weighted by Crippen LogP contribution is -1.89. The third kappa shape index (κ3) is 1.72. The van der Waals surface area contributed by atoms with E-state index in [1.54, 1.807) is 0 Å². The number of nitrogens with zero attached hydrogens (tertiary/aromatic N) is 1. The topological polar surface area (TPSA) is 12.9 Å². The number of aryl methyl sites for hydroxylation is 2. The molecule has 86 valence electrons. The molecule has 0 aliphatic carbocycles. The Kier molecular flexibility index (Phi) is 2.57. The summed E-state index contributed by atoms with van der Waals surface area (Å²) in [6.45, 7) is 4.20. The average molecular weight is 262 g/mol. The molecule has 0 saturated heterocycles. The number of rotatable bonds is 1. The lowest BCUT2D eigenvalue weighted by Gasteiger charge is -2.00. The van der Waals surface area contributed by atoms with Crippen molar-refractivity contribution in [3.63, 3.8) is 0 Å². The third-order valence-electron chi connectivity index (χ3n) is 2.95. The van der Waals surface area contributed by atoms with Gasteiger partial charge in [0, 0.05) is 26.2 Å². The molecule has 2 heterocycles. The van der Waals surface area contributed by atoms with Crippen LogP contribution in [-0.2, 0) is 6.42 Å². The minimum atomic E-state index is 0.796. The van der Waals surface area contributed by atoms with E-state index in [1.165, 1.54) is 25.9 Å². The van der Waals surface area contributed by atoms with Gasteiger partial charge in [-0.15, -0.1) is 11.3 Å². The molecule has 0 fully saturated rings. The third-order valence-corrected chi connectivity index (χ3v) is 4.42. The summed E-state index contributed by atoms with van der Waals surface area (Å²) in [6.07, 6.45) is 0.971. The van der Waals surface area contributed by atoms with E-state index in [2.05, 4.69) is 30.1 Å². The number of benzene rings is 1. The summed E-state index contributed by atoms with van der Waals surface area (Å²) in [4.78, 5) is 4.61. The van der Waals surface area contributed by atoms with Gasteiger partial charge in [-0.2, -0.15) is 0 Å². The summed E-state index contributed by atoms with van der Waals surface area (Å²) in [6, 6.07) is 8.25. The lowest BCUT2D eigenvalue weighted by atomic mass is 10.1. The van der Waals surface area contributed by atoms with Crippen molar-refractivity contribution < 1.29 is 0 Å². The van der Waals surface area contributed by atoms with Crippen LogP contribution in [0.2, 0.25) is 5.02 Å². The van der Waals surface area contributed by atoms with E-state index in [0.29, 0.717) is 0 Å². The summed E-state index contributed by atoms with van der Waals surface area (Å²) in [7, 11) is 0. The maximum atomic E-state index is 6.08. The molecule has 3 heteroatoms. The van der Waals surface area contributed by atoms with E-state index in [1.807, 2.05) is 24.3 Å². The summed E-state index contributed by atoms with van der Waals surface area (Å²) in [5.41, 5.74) is 2.27. The van der Waals surface area contributed by atoms with Crippen LogP contribution in [0.1, 0.15) is 18.3 Å². The lowest BCUT2D eigenvalue weighted by molar-refractivity contribution is 1.03. The highest BCUT2D eigenvalue weighted by Crippen LogP contribution is 2.37. The molecule has 0 aliphatic heterocycles. The molecule has 2 aromatic heterocycles. The summed E-state index contributed by atoms with van der Waals surface area (Å²) >= 11 is 7.89. The molecule has 0 saturated carbocycles. The number of thiophene rings is 1. The smallest absolute Gasteiger partial charge is 0.0582 e. The van der Waals surface area contributed by atoms with Crippen LogP contribution >= 0.6 is 22.9 Å². The van der Waals surface area contributed by atoms with E-state index in [0.717, 1.165) is 17.1 Å². The van der Waals surface area contributed by atoms with Gasteiger partial charge in [-0.1, -0.05) is 18.5 Å². The standard InChI is InChI=1S/C14H12ClNS/c1-3-12-14-11(6-8(2)16-12)10-7-9(15)4-5-13(10)17-14/h4-7H,3H2,1-2H3. The zero-order valence-electron chi connectivity index (χ0n) is 9.75. The zero-order valence-corrected chi connectivity index (χ0v) is 11.3. The quantitative estimate of drug-likeness (QED) is 0.602. The molecule has 0 N–H and O–H groups in total. The number of hydrogen-bond acceptors (Lipinski definition) is 2. The first-order chi connectivity index (χ1) is 8.19. The minimum Gasteiger partial charge on any atom is -0.257 e. The van der Waals surface area contributed by atoms with Gasteiger partial charge in [0.15, 0.2) is 0 Å². The molecule has 3 rings (SSSR count). The fourth-order valence-corrected chi connectivity index (χ4v) is 3.58. The Bertz CT molecular complexity index is 715. The molecule has 0 atom stereocenters. The molecule has 3 aromatic rings. The number of halogens is 1. The van der Waals surface area contributed by atoms with Gasteiger partial charge < -0.3 is 0 Å². The predicted molar refractivity (Wildman–Crippen MR) is 76.3 cm³/mol. The molecule has 0 spiro atoms. The van der Waals surface area contributed by atoms with Crippen LogP contribution in [0, 0.1) is 6.92 Å². The van der Waals surface area contributed by atoms with E-state index in [9.17, 15) is 0 Å². The average Bonchev–Trinajstić information content (AvgIpc) is 2.66. The van der Waals surface area contributed by atoms with Crippen LogP contribution in [0.25, 0.3) is 20.2 Å². The van der Waals surface area contributed by atoms with Crippen molar-refractivity contribution in [1.82, 2.24) is 4.98 Å². The molecule has 17 heavy (non-hydrogen) atoms. The largest absolute Gasteiger partial charge is 0.257 e. The maximum absolute atomic E-state index is 6.08. The number of hydrogen-bond donors (Lipinski definition) is 0. The molecule has 0 aliphatic rings. The molecule has 0 amide bonds. The maximum Gasteiger partial charge on any atom is 0.0582 e. The second-order valence-corrected chi connectivity index (χ2v) is 5.67. The van der Waals surface area contributed by atoms with E-state index in [4.69, 9.17) is 11.6 Å². The summed E-state index contributed by atoms with van der Waals surface area (Å²) in [5, 5.41) is 3.33. The van der Waals surface area contributed by atoms with Crippen LogP contribution in [0.5, 0.6) is 0 Å². The van der Waals surface area contributed by atoms with Crippen molar-refractivity contribution in [2.75, 3.05) is 0 Å². The monoisotopic (exact) mass is 261 g/mol. The van der Waals surface area contributed by atoms with Crippen LogP contribution in [0.15, 0.2) is 24.3 Å². The highest BCUT2D eigenvalue weighted by molar-refractivity contribution is 7.26. The van der Waals surface area contributed by atoms with Crippen molar-refractivity contribution in [2.45, 2.75) is 20.3 Å². The molecule has 1 nitrogen and oxygen atoms in total. The van der Waals surface area contributed by atoms with Gasteiger partial charge in [-0.3, -0.25) is 4.98 Å². The Morgan fingerprint density at radius 1 is 1.24 bits per heavy atom. The predicted octanol–water partition coefficient (Wildman–Crippen LogP) is 4.97. The van der Waals surface area contributed by atoms with E-state index in [-0.39, 0.29) is 0 Å². The Morgan fingerprint density at radius 3 is 2.82 bits per heavy atom. The fraction of sp³-hybridized carbons (Fsp3) is 0.214. The van der Waals surface area contributed by atoms with Gasteiger partial charge >= 0.3 is 0 Å². The van der Waals surface area contributed by atoms with E-state index >= 15 is 0 Å². The van der Waals surface area contributed by atoms with Gasteiger partial charge in [-0.05, 0) is 37.6 Å². The Labute approximate surface area is 109 Å². The van der Waals surface area contributed by atoms with Crippen LogP contribution in [0.4, 0.5) is 0 Å². The molecule has 0 unspecified atom stereocenters.